The molecule has 1 aromatic rings. The Morgan fingerprint density at radius 1 is 1.41 bits per heavy atom. The van der Waals surface area contributed by atoms with Crippen molar-refractivity contribution in [3.8, 4) is 0 Å². The molecule has 0 aromatic carbocycles. The Morgan fingerprint density at radius 2 is 2.12 bits per heavy atom. The van der Waals surface area contributed by atoms with Crippen LogP contribution >= 0.6 is 11.5 Å². The molecule has 1 saturated heterocycles. The van der Waals surface area contributed by atoms with Gasteiger partial charge in [-0.1, -0.05) is 4.49 Å². The number of anilines is 1. The molecule has 94 valence electrons. The van der Waals surface area contributed by atoms with Gasteiger partial charge in [0.25, 0.3) is 0 Å². The van der Waals surface area contributed by atoms with Crippen molar-refractivity contribution < 1.29 is 9.53 Å². The van der Waals surface area contributed by atoms with E-state index in [4.69, 9.17) is 4.74 Å². The third-order valence-electron chi connectivity index (χ3n) is 2.73. The van der Waals surface area contributed by atoms with Gasteiger partial charge in [-0.3, -0.25) is 0 Å². The molecule has 1 aliphatic heterocycles. The van der Waals surface area contributed by atoms with Crippen LogP contribution in [-0.4, -0.2) is 60.3 Å². The highest BCUT2D eigenvalue weighted by Gasteiger charge is 2.24. The lowest BCUT2D eigenvalue weighted by atomic mass is 10.3. The minimum atomic E-state index is -0.379. The summed E-state index contributed by atoms with van der Waals surface area (Å²) in [6, 6.07) is 0. The van der Waals surface area contributed by atoms with E-state index in [2.05, 4.69) is 26.4 Å². The molecule has 0 spiro atoms. The van der Waals surface area contributed by atoms with Crippen LogP contribution in [0.4, 0.5) is 5.00 Å². The van der Waals surface area contributed by atoms with Gasteiger partial charge in [0.15, 0.2) is 0 Å². The number of piperazine rings is 1. The zero-order valence-corrected chi connectivity index (χ0v) is 10.9. The lowest BCUT2D eigenvalue weighted by Gasteiger charge is -2.32. The Kier molecular flexibility index (Phi) is 3.90. The van der Waals surface area contributed by atoms with E-state index in [1.807, 2.05) is 0 Å². The number of esters is 1. The van der Waals surface area contributed by atoms with Crippen molar-refractivity contribution in [2.24, 2.45) is 0 Å². The first-order valence-electron chi connectivity index (χ1n) is 5.65. The zero-order chi connectivity index (χ0) is 12.3. The Balaban J connectivity index is 2.10. The van der Waals surface area contributed by atoms with Crippen LogP contribution in [0.1, 0.15) is 17.4 Å². The average molecular weight is 256 g/mol. The molecule has 6 nitrogen and oxygen atoms in total. The van der Waals surface area contributed by atoms with E-state index in [1.165, 1.54) is 11.5 Å². The Hall–Kier alpha value is -1.21. The van der Waals surface area contributed by atoms with Crippen LogP contribution < -0.4 is 4.90 Å². The molecule has 0 bridgehead atoms. The van der Waals surface area contributed by atoms with E-state index in [0.29, 0.717) is 12.3 Å². The van der Waals surface area contributed by atoms with Crippen LogP contribution in [0.25, 0.3) is 0 Å². The van der Waals surface area contributed by atoms with Gasteiger partial charge in [0.2, 0.25) is 5.69 Å². The number of rotatable bonds is 3. The van der Waals surface area contributed by atoms with Gasteiger partial charge in [0.1, 0.15) is 5.00 Å². The number of hydrogen-bond acceptors (Lipinski definition) is 7. The lowest BCUT2D eigenvalue weighted by molar-refractivity contribution is 0.0520. The van der Waals surface area contributed by atoms with E-state index in [0.717, 1.165) is 31.2 Å². The highest BCUT2D eigenvalue weighted by atomic mass is 32.1. The minimum Gasteiger partial charge on any atom is -0.461 e. The van der Waals surface area contributed by atoms with Crippen LogP contribution in [0.3, 0.4) is 0 Å². The van der Waals surface area contributed by atoms with Crippen molar-refractivity contribution in [2.75, 3.05) is 44.7 Å². The number of ether oxygens (including phenoxy) is 1. The summed E-state index contributed by atoms with van der Waals surface area (Å²) in [7, 11) is 2.09. The van der Waals surface area contributed by atoms with Crippen molar-refractivity contribution in [3.63, 3.8) is 0 Å². The summed E-state index contributed by atoms with van der Waals surface area (Å²) in [5.41, 5.74) is 0.349. The summed E-state index contributed by atoms with van der Waals surface area (Å²) in [5, 5.41) is 4.70. The summed E-state index contributed by atoms with van der Waals surface area (Å²) in [6.45, 7) is 5.91. The van der Waals surface area contributed by atoms with E-state index < -0.39 is 0 Å². The molecule has 7 heteroatoms. The van der Waals surface area contributed by atoms with Gasteiger partial charge < -0.3 is 14.5 Å². The fourth-order valence-corrected chi connectivity index (χ4v) is 2.44. The summed E-state index contributed by atoms with van der Waals surface area (Å²) >= 11 is 1.26. The smallest absolute Gasteiger partial charge is 0.362 e. The molecule has 0 saturated carbocycles. The first-order valence-corrected chi connectivity index (χ1v) is 6.42. The van der Waals surface area contributed by atoms with E-state index in [9.17, 15) is 4.79 Å². The number of hydrogen-bond donors (Lipinski definition) is 0. The summed E-state index contributed by atoms with van der Waals surface area (Å²) < 4.78 is 8.82. The van der Waals surface area contributed by atoms with Crippen LogP contribution in [-0.2, 0) is 4.74 Å². The van der Waals surface area contributed by atoms with Crippen molar-refractivity contribution in [1.82, 2.24) is 14.5 Å². The average Bonchev–Trinajstić information content (AvgIpc) is 2.79. The number of carbonyl (C=O) groups is 1. The Morgan fingerprint density at radius 3 is 2.76 bits per heavy atom. The molecular formula is C10H16N4O2S. The topological polar surface area (TPSA) is 58.6 Å². The number of nitrogens with zero attached hydrogens (tertiary/aromatic N) is 4. The standard InChI is InChI=1S/C10H16N4O2S/c1-3-16-10(15)8-9(17-12-11-8)14-6-4-13(2)5-7-14/h3-7H2,1-2H3. The number of carbonyl (C=O) groups excluding carboxylic acids is 1. The molecule has 2 heterocycles. The van der Waals surface area contributed by atoms with Crippen LogP contribution in [0.15, 0.2) is 0 Å². The van der Waals surface area contributed by atoms with Gasteiger partial charge in [-0.25, -0.2) is 4.79 Å². The fourth-order valence-electron chi connectivity index (χ4n) is 1.73. The molecule has 0 unspecified atom stereocenters. The van der Waals surface area contributed by atoms with Crippen molar-refractivity contribution in [3.05, 3.63) is 5.69 Å². The van der Waals surface area contributed by atoms with E-state index in [-0.39, 0.29) is 5.97 Å². The lowest BCUT2D eigenvalue weighted by Crippen LogP contribution is -2.44. The van der Waals surface area contributed by atoms with E-state index >= 15 is 0 Å². The monoisotopic (exact) mass is 256 g/mol. The van der Waals surface area contributed by atoms with Crippen LogP contribution in [0, 0.1) is 0 Å². The van der Waals surface area contributed by atoms with Gasteiger partial charge in [-0.2, -0.15) is 0 Å². The first-order chi connectivity index (χ1) is 8.22. The predicted molar refractivity (Wildman–Crippen MR) is 65.6 cm³/mol. The fraction of sp³-hybridized carbons (Fsp3) is 0.700. The van der Waals surface area contributed by atoms with Gasteiger partial charge in [-0.05, 0) is 14.0 Å². The maximum Gasteiger partial charge on any atom is 0.362 e. The Labute approximate surface area is 104 Å². The van der Waals surface area contributed by atoms with Gasteiger partial charge >= 0.3 is 5.97 Å². The molecule has 0 atom stereocenters. The van der Waals surface area contributed by atoms with Crippen LogP contribution in [0.5, 0.6) is 0 Å². The van der Waals surface area contributed by atoms with Crippen molar-refractivity contribution in [2.45, 2.75) is 6.92 Å². The van der Waals surface area contributed by atoms with Gasteiger partial charge in [0.05, 0.1) is 6.61 Å². The van der Waals surface area contributed by atoms with Gasteiger partial charge in [0, 0.05) is 37.7 Å². The molecule has 0 N–H and O–H groups in total. The summed E-state index contributed by atoms with van der Waals surface area (Å²) in [5.74, 6) is -0.379. The normalized spacial score (nSPS) is 17.2. The van der Waals surface area contributed by atoms with E-state index in [1.54, 1.807) is 6.92 Å². The quantitative estimate of drug-likeness (QED) is 0.733. The molecule has 0 radical (unpaired) electrons. The second kappa shape index (κ2) is 5.42. The molecule has 0 amide bonds. The van der Waals surface area contributed by atoms with Crippen LogP contribution in [0.2, 0.25) is 0 Å². The SMILES string of the molecule is CCOC(=O)c1nnsc1N1CCN(C)CC1. The molecule has 2 rings (SSSR count). The number of aromatic nitrogens is 2. The molecule has 1 aliphatic rings. The highest BCUT2D eigenvalue weighted by molar-refractivity contribution is 7.10. The second-order valence-electron chi connectivity index (χ2n) is 3.94. The first kappa shape index (κ1) is 12.3. The maximum atomic E-state index is 11.7. The maximum absolute atomic E-state index is 11.7. The molecule has 1 aromatic heterocycles. The summed E-state index contributed by atoms with van der Waals surface area (Å²) in [4.78, 5) is 16.1. The van der Waals surface area contributed by atoms with Gasteiger partial charge in [-0.15, -0.1) is 5.10 Å². The second-order valence-corrected chi connectivity index (χ2v) is 4.67. The summed E-state index contributed by atoms with van der Waals surface area (Å²) in [6.07, 6.45) is 0. The van der Waals surface area contributed by atoms with Crippen molar-refractivity contribution in [1.29, 1.82) is 0 Å². The number of likely N-dealkylation sites (N-methyl/N-ethyl adjacent to an activating group) is 1. The molecule has 17 heavy (non-hydrogen) atoms. The molecular weight excluding hydrogens is 240 g/mol. The zero-order valence-electron chi connectivity index (χ0n) is 10.0. The molecule has 0 aliphatic carbocycles. The highest BCUT2D eigenvalue weighted by Crippen LogP contribution is 2.24. The van der Waals surface area contributed by atoms with Crippen molar-refractivity contribution >= 4 is 22.5 Å². The third kappa shape index (κ3) is 2.73. The third-order valence-corrected chi connectivity index (χ3v) is 3.52. The predicted octanol–water partition coefficient (Wildman–Crippen LogP) is 0.467. The largest absolute Gasteiger partial charge is 0.461 e. The Bertz CT molecular complexity index is 387. The minimum absolute atomic E-state index is 0.349. The molecule has 1 fully saturated rings.